The molecule has 3 rings (SSSR count). The van der Waals surface area contributed by atoms with Gasteiger partial charge < -0.3 is 0 Å². The molecule has 19 heavy (non-hydrogen) atoms. The van der Waals surface area contributed by atoms with Crippen LogP contribution in [0.25, 0.3) is 5.57 Å². The summed E-state index contributed by atoms with van der Waals surface area (Å²) in [7, 11) is 0. The van der Waals surface area contributed by atoms with E-state index in [-0.39, 0.29) is 0 Å². The topological polar surface area (TPSA) is 17.1 Å². The summed E-state index contributed by atoms with van der Waals surface area (Å²) >= 11 is 0. The molecule has 1 aromatic carbocycles. The number of fused-ring (bicyclic) bond motifs is 1. The lowest BCUT2D eigenvalue weighted by Gasteiger charge is -2.21. The van der Waals surface area contributed by atoms with Crippen molar-refractivity contribution in [3.8, 4) is 0 Å². The van der Waals surface area contributed by atoms with Gasteiger partial charge in [-0.2, -0.15) is 0 Å². The van der Waals surface area contributed by atoms with Crippen LogP contribution in [-0.2, 0) is 17.6 Å². The van der Waals surface area contributed by atoms with Gasteiger partial charge in [0.15, 0.2) is 5.78 Å². The Morgan fingerprint density at radius 1 is 0.842 bits per heavy atom. The molecule has 100 valence electrons. The van der Waals surface area contributed by atoms with Crippen LogP contribution in [0.5, 0.6) is 0 Å². The minimum atomic E-state index is 0.353. The van der Waals surface area contributed by atoms with Gasteiger partial charge in [-0.05, 0) is 86.3 Å². The molecule has 0 bridgehead atoms. The molecule has 0 unspecified atom stereocenters. The number of carbonyl (C=O) groups excluding carboxylic acids is 1. The van der Waals surface area contributed by atoms with Crippen LogP contribution in [0.2, 0.25) is 0 Å². The van der Waals surface area contributed by atoms with Crippen LogP contribution in [0.4, 0.5) is 0 Å². The van der Waals surface area contributed by atoms with Crippen molar-refractivity contribution < 1.29 is 4.79 Å². The Morgan fingerprint density at radius 3 is 2.32 bits per heavy atom. The molecule has 0 N–H and O–H groups in total. The Hall–Kier alpha value is -1.37. The van der Waals surface area contributed by atoms with E-state index in [1.54, 1.807) is 0 Å². The van der Waals surface area contributed by atoms with Crippen molar-refractivity contribution in [3.05, 3.63) is 39.5 Å². The SMILES string of the molecule is Cc1c(C)c2c(c(C3=CCCCC3=O)c1C)CCC2. The molecule has 1 nitrogen and oxygen atoms in total. The van der Waals surface area contributed by atoms with E-state index in [0.29, 0.717) is 5.78 Å². The Morgan fingerprint density at radius 2 is 1.58 bits per heavy atom. The van der Waals surface area contributed by atoms with E-state index in [0.717, 1.165) is 31.3 Å². The van der Waals surface area contributed by atoms with E-state index in [1.165, 1.54) is 46.2 Å². The molecule has 0 saturated heterocycles. The zero-order valence-corrected chi connectivity index (χ0v) is 12.2. The third kappa shape index (κ3) is 1.87. The average molecular weight is 254 g/mol. The van der Waals surface area contributed by atoms with E-state index >= 15 is 0 Å². The average Bonchev–Trinajstić information content (AvgIpc) is 2.87. The van der Waals surface area contributed by atoms with Gasteiger partial charge in [0, 0.05) is 12.0 Å². The second kappa shape index (κ2) is 4.63. The van der Waals surface area contributed by atoms with E-state index in [1.807, 2.05) is 0 Å². The van der Waals surface area contributed by atoms with Crippen LogP contribution < -0.4 is 0 Å². The van der Waals surface area contributed by atoms with Gasteiger partial charge in [0.1, 0.15) is 0 Å². The normalized spacial score (nSPS) is 18.5. The van der Waals surface area contributed by atoms with Crippen LogP contribution in [0, 0.1) is 20.8 Å². The number of allylic oxidation sites excluding steroid dienone is 2. The summed E-state index contributed by atoms with van der Waals surface area (Å²) in [5.41, 5.74) is 9.48. The fourth-order valence-corrected chi connectivity index (χ4v) is 3.72. The van der Waals surface area contributed by atoms with Crippen molar-refractivity contribution >= 4 is 11.4 Å². The molecular weight excluding hydrogens is 232 g/mol. The number of carbonyl (C=O) groups is 1. The molecule has 0 aliphatic heterocycles. The molecule has 1 aromatic rings. The first-order valence-electron chi connectivity index (χ1n) is 7.46. The Balaban J connectivity index is 2.27. The lowest BCUT2D eigenvalue weighted by molar-refractivity contribution is -0.114. The van der Waals surface area contributed by atoms with Crippen LogP contribution in [0.15, 0.2) is 6.08 Å². The molecular formula is C18H22O. The van der Waals surface area contributed by atoms with Crippen LogP contribution in [-0.4, -0.2) is 5.78 Å². The lowest BCUT2D eigenvalue weighted by atomic mass is 9.82. The maximum atomic E-state index is 12.3. The molecule has 0 saturated carbocycles. The van der Waals surface area contributed by atoms with E-state index in [9.17, 15) is 4.79 Å². The molecule has 0 heterocycles. The number of hydrogen-bond donors (Lipinski definition) is 0. The molecule has 2 aliphatic rings. The van der Waals surface area contributed by atoms with Gasteiger partial charge in [-0.1, -0.05) is 6.08 Å². The monoisotopic (exact) mass is 254 g/mol. The number of Topliss-reactive ketones (excluding diaryl/α,β-unsaturated/α-hetero) is 1. The summed E-state index contributed by atoms with van der Waals surface area (Å²) in [6, 6.07) is 0. The highest BCUT2D eigenvalue weighted by Gasteiger charge is 2.26. The predicted octanol–water partition coefficient (Wildman–Crippen LogP) is 4.24. The van der Waals surface area contributed by atoms with Crippen molar-refractivity contribution in [2.24, 2.45) is 0 Å². The molecule has 2 aliphatic carbocycles. The van der Waals surface area contributed by atoms with Gasteiger partial charge >= 0.3 is 0 Å². The van der Waals surface area contributed by atoms with Gasteiger partial charge in [0.05, 0.1) is 0 Å². The zero-order chi connectivity index (χ0) is 13.6. The Labute approximate surface area is 115 Å². The zero-order valence-electron chi connectivity index (χ0n) is 12.2. The van der Waals surface area contributed by atoms with Gasteiger partial charge in [-0.15, -0.1) is 0 Å². The number of rotatable bonds is 1. The largest absolute Gasteiger partial charge is 0.294 e. The Bertz CT molecular complexity index is 590. The third-order valence-corrected chi connectivity index (χ3v) is 5.00. The second-order valence-corrected chi connectivity index (χ2v) is 5.99. The number of ketones is 1. The standard InChI is InChI=1S/C18H22O/c1-11-12(2)14-8-6-9-15(14)18(13(11)3)16-7-4-5-10-17(16)19/h7H,4-6,8-10H2,1-3H3. The van der Waals surface area contributed by atoms with E-state index in [4.69, 9.17) is 0 Å². The van der Waals surface area contributed by atoms with Gasteiger partial charge in [0.25, 0.3) is 0 Å². The van der Waals surface area contributed by atoms with Gasteiger partial charge in [0.2, 0.25) is 0 Å². The molecule has 0 amide bonds. The van der Waals surface area contributed by atoms with Gasteiger partial charge in [-0.25, -0.2) is 0 Å². The summed E-state index contributed by atoms with van der Waals surface area (Å²) in [4.78, 5) is 12.3. The van der Waals surface area contributed by atoms with Crippen molar-refractivity contribution in [3.63, 3.8) is 0 Å². The van der Waals surface area contributed by atoms with Crippen LogP contribution >= 0.6 is 0 Å². The second-order valence-electron chi connectivity index (χ2n) is 5.99. The quantitative estimate of drug-likeness (QED) is 0.732. The fraction of sp³-hybridized carbons (Fsp3) is 0.500. The Kier molecular flexibility index (Phi) is 3.08. The molecule has 0 spiro atoms. The minimum Gasteiger partial charge on any atom is -0.294 e. The fourth-order valence-electron chi connectivity index (χ4n) is 3.72. The summed E-state index contributed by atoms with van der Waals surface area (Å²) in [5, 5.41) is 0. The van der Waals surface area contributed by atoms with Crippen molar-refractivity contribution in [1.82, 2.24) is 0 Å². The van der Waals surface area contributed by atoms with E-state index < -0.39 is 0 Å². The first-order chi connectivity index (χ1) is 9.11. The molecule has 1 heteroatoms. The predicted molar refractivity (Wildman–Crippen MR) is 79.5 cm³/mol. The molecule has 0 aromatic heterocycles. The third-order valence-electron chi connectivity index (χ3n) is 5.00. The van der Waals surface area contributed by atoms with Crippen LogP contribution in [0.1, 0.15) is 59.1 Å². The maximum absolute atomic E-state index is 12.3. The summed E-state index contributed by atoms with van der Waals surface area (Å²) in [6.45, 7) is 6.65. The molecule has 0 atom stereocenters. The van der Waals surface area contributed by atoms with Gasteiger partial charge in [-0.3, -0.25) is 4.79 Å². The molecule has 0 radical (unpaired) electrons. The van der Waals surface area contributed by atoms with E-state index in [2.05, 4.69) is 26.8 Å². The maximum Gasteiger partial charge on any atom is 0.163 e. The lowest BCUT2D eigenvalue weighted by Crippen LogP contribution is -2.11. The highest BCUT2D eigenvalue weighted by atomic mass is 16.1. The number of benzene rings is 1. The van der Waals surface area contributed by atoms with Crippen molar-refractivity contribution in [2.75, 3.05) is 0 Å². The summed E-state index contributed by atoms with van der Waals surface area (Å²) < 4.78 is 0. The minimum absolute atomic E-state index is 0.353. The van der Waals surface area contributed by atoms with Crippen LogP contribution in [0.3, 0.4) is 0 Å². The van der Waals surface area contributed by atoms with Crippen molar-refractivity contribution in [2.45, 2.75) is 59.3 Å². The highest BCUT2D eigenvalue weighted by Crippen LogP contribution is 2.38. The smallest absolute Gasteiger partial charge is 0.163 e. The summed E-state index contributed by atoms with van der Waals surface area (Å²) in [6.07, 6.45) is 8.58. The first kappa shape index (κ1) is 12.7. The van der Waals surface area contributed by atoms with Crippen molar-refractivity contribution in [1.29, 1.82) is 0 Å². The first-order valence-corrected chi connectivity index (χ1v) is 7.46. The molecule has 0 fully saturated rings. The highest BCUT2D eigenvalue weighted by molar-refractivity contribution is 6.22. The summed E-state index contributed by atoms with van der Waals surface area (Å²) in [5.74, 6) is 0.353. The number of hydrogen-bond acceptors (Lipinski definition) is 1.